The van der Waals surface area contributed by atoms with Crippen molar-refractivity contribution in [3.8, 4) is 0 Å². The molecule has 1 amide bonds. The monoisotopic (exact) mass is 466 g/mol. The van der Waals surface area contributed by atoms with Crippen LogP contribution in [0.4, 0.5) is 11.4 Å². The highest BCUT2D eigenvalue weighted by molar-refractivity contribution is 7.94. The van der Waals surface area contributed by atoms with E-state index in [1.54, 1.807) is 23.6 Å². The Labute approximate surface area is 185 Å². The van der Waals surface area contributed by atoms with E-state index in [0.717, 1.165) is 17.8 Å². The molecule has 1 aromatic heterocycles. The summed E-state index contributed by atoms with van der Waals surface area (Å²) in [4.78, 5) is 27.7. The molecule has 0 bridgehead atoms. The van der Waals surface area contributed by atoms with Crippen LogP contribution in [-0.2, 0) is 14.8 Å². The highest BCUT2D eigenvalue weighted by Crippen LogP contribution is 2.27. The van der Waals surface area contributed by atoms with E-state index in [4.69, 9.17) is 0 Å². The molecule has 0 radical (unpaired) electrons. The van der Waals surface area contributed by atoms with Gasteiger partial charge in [0.15, 0.2) is 0 Å². The van der Waals surface area contributed by atoms with E-state index in [-0.39, 0.29) is 21.4 Å². The van der Waals surface area contributed by atoms with Crippen LogP contribution in [0.1, 0.15) is 23.7 Å². The van der Waals surface area contributed by atoms with Gasteiger partial charge in [0, 0.05) is 38.4 Å². The van der Waals surface area contributed by atoms with E-state index in [1.807, 2.05) is 16.7 Å². The Morgan fingerprint density at radius 2 is 1.90 bits per heavy atom. The highest BCUT2D eigenvalue weighted by Gasteiger charge is 2.24. The minimum Gasteiger partial charge on any atom is -0.478 e. The molecule has 1 aliphatic rings. The van der Waals surface area contributed by atoms with Crippen LogP contribution in [0.25, 0.3) is 0 Å². The number of aromatic carboxylic acids is 1. The summed E-state index contributed by atoms with van der Waals surface area (Å²) in [5, 5.41) is 14.2. The Kier molecular flexibility index (Phi) is 7.52. The Hall–Kier alpha value is -2.63. The number of anilines is 2. The van der Waals surface area contributed by atoms with Crippen molar-refractivity contribution < 1.29 is 23.1 Å². The smallest absolute Gasteiger partial charge is 0.337 e. The predicted octanol–water partition coefficient (Wildman–Crippen LogP) is 1.90. The molecule has 0 saturated carbocycles. The number of carbonyl (C=O) groups excluding carboxylic acids is 1. The van der Waals surface area contributed by atoms with Crippen molar-refractivity contribution in [1.29, 1.82) is 0 Å². The number of carbonyl (C=O) groups is 2. The van der Waals surface area contributed by atoms with Gasteiger partial charge in [-0.25, -0.2) is 13.2 Å². The van der Waals surface area contributed by atoms with Crippen LogP contribution in [-0.4, -0.2) is 69.6 Å². The first-order valence-electron chi connectivity index (χ1n) is 9.98. The molecule has 1 fully saturated rings. The number of benzene rings is 1. The van der Waals surface area contributed by atoms with Crippen molar-refractivity contribution in [1.82, 2.24) is 10.2 Å². The van der Waals surface area contributed by atoms with Crippen LogP contribution in [0, 0.1) is 0 Å². The van der Waals surface area contributed by atoms with Gasteiger partial charge in [0.1, 0.15) is 4.21 Å². The van der Waals surface area contributed by atoms with E-state index < -0.39 is 16.0 Å². The van der Waals surface area contributed by atoms with Gasteiger partial charge in [-0.15, -0.1) is 11.3 Å². The van der Waals surface area contributed by atoms with Gasteiger partial charge in [-0.05, 0) is 36.1 Å². The standard InChI is InChI=1S/C20H26N4O5S2/c1-2-7-21-18(25)14-23-8-10-24(11-9-23)17-6-5-15(13-16(17)20(26)27)22-31(28,29)19-4-3-12-30-19/h3-6,12-13,22H,2,7-11,14H2,1H3,(H,21,25)(H,26,27). The molecule has 31 heavy (non-hydrogen) atoms. The maximum Gasteiger partial charge on any atom is 0.337 e. The average molecular weight is 467 g/mol. The second kappa shape index (κ2) is 10.1. The molecule has 0 spiro atoms. The largest absolute Gasteiger partial charge is 0.478 e. The van der Waals surface area contributed by atoms with E-state index >= 15 is 0 Å². The van der Waals surface area contributed by atoms with Crippen molar-refractivity contribution in [2.75, 3.05) is 48.9 Å². The fourth-order valence-corrected chi connectivity index (χ4v) is 5.38. The van der Waals surface area contributed by atoms with Gasteiger partial charge in [0.25, 0.3) is 10.0 Å². The number of amides is 1. The number of carboxylic acids is 1. The average Bonchev–Trinajstić information content (AvgIpc) is 3.29. The van der Waals surface area contributed by atoms with Gasteiger partial charge < -0.3 is 15.3 Å². The molecular weight excluding hydrogens is 440 g/mol. The SMILES string of the molecule is CCCNC(=O)CN1CCN(c2ccc(NS(=O)(=O)c3cccs3)cc2C(=O)O)CC1. The number of nitrogens with zero attached hydrogens (tertiary/aromatic N) is 2. The molecule has 0 atom stereocenters. The lowest BCUT2D eigenvalue weighted by Gasteiger charge is -2.36. The highest BCUT2D eigenvalue weighted by atomic mass is 32.2. The van der Waals surface area contributed by atoms with Crippen LogP contribution >= 0.6 is 11.3 Å². The summed E-state index contributed by atoms with van der Waals surface area (Å²) in [7, 11) is -3.76. The summed E-state index contributed by atoms with van der Waals surface area (Å²) in [6.07, 6.45) is 0.886. The summed E-state index contributed by atoms with van der Waals surface area (Å²) >= 11 is 1.09. The molecule has 168 valence electrons. The van der Waals surface area contributed by atoms with Crippen molar-refractivity contribution >= 4 is 44.6 Å². The fraction of sp³-hybridized carbons (Fsp3) is 0.400. The number of thiophene rings is 1. The molecule has 2 aromatic rings. The number of hydrogen-bond donors (Lipinski definition) is 3. The summed E-state index contributed by atoms with van der Waals surface area (Å²) in [5.74, 6) is -1.14. The zero-order valence-electron chi connectivity index (χ0n) is 17.2. The molecule has 1 aliphatic heterocycles. The van der Waals surface area contributed by atoms with E-state index in [2.05, 4.69) is 10.0 Å². The van der Waals surface area contributed by atoms with Crippen molar-refractivity contribution in [2.24, 2.45) is 0 Å². The topological polar surface area (TPSA) is 119 Å². The molecule has 9 nitrogen and oxygen atoms in total. The first-order chi connectivity index (χ1) is 14.8. The zero-order valence-corrected chi connectivity index (χ0v) is 18.8. The van der Waals surface area contributed by atoms with Crippen LogP contribution < -0.4 is 14.9 Å². The Morgan fingerprint density at radius 3 is 2.52 bits per heavy atom. The van der Waals surface area contributed by atoms with Crippen LogP contribution in [0.5, 0.6) is 0 Å². The second-order valence-corrected chi connectivity index (χ2v) is 10.0. The van der Waals surface area contributed by atoms with E-state index in [9.17, 15) is 23.1 Å². The van der Waals surface area contributed by atoms with Crippen LogP contribution in [0.15, 0.2) is 39.9 Å². The summed E-state index contributed by atoms with van der Waals surface area (Å²) in [6, 6.07) is 7.66. The number of carboxylic acid groups (broad SMARTS) is 1. The lowest BCUT2D eigenvalue weighted by Crippen LogP contribution is -2.49. The van der Waals surface area contributed by atoms with Gasteiger partial charge in [-0.2, -0.15) is 0 Å². The minimum atomic E-state index is -3.76. The van der Waals surface area contributed by atoms with Gasteiger partial charge in [-0.1, -0.05) is 13.0 Å². The van der Waals surface area contributed by atoms with Gasteiger partial charge >= 0.3 is 5.97 Å². The molecule has 0 unspecified atom stereocenters. The number of hydrogen-bond acceptors (Lipinski definition) is 7. The molecular formula is C20H26N4O5S2. The Morgan fingerprint density at radius 1 is 1.16 bits per heavy atom. The van der Waals surface area contributed by atoms with Crippen molar-refractivity contribution in [2.45, 2.75) is 17.6 Å². The maximum atomic E-state index is 12.4. The maximum absolute atomic E-state index is 12.4. The number of sulfonamides is 1. The molecule has 1 aromatic carbocycles. The van der Waals surface area contributed by atoms with Crippen LogP contribution in [0.3, 0.4) is 0 Å². The predicted molar refractivity (Wildman–Crippen MR) is 120 cm³/mol. The summed E-state index contributed by atoms with van der Waals surface area (Å²) in [5.41, 5.74) is 0.753. The van der Waals surface area contributed by atoms with E-state index in [1.165, 1.54) is 12.1 Å². The van der Waals surface area contributed by atoms with Gasteiger partial charge in [0.05, 0.1) is 17.8 Å². The van der Waals surface area contributed by atoms with Crippen molar-refractivity contribution in [3.63, 3.8) is 0 Å². The summed E-state index contributed by atoms with van der Waals surface area (Å²) in [6.45, 7) is 5.38. The lowest BCUT2D eigenvalue weighted by atomic mass is 10.1. The molecule has 3 rings (SSSR count). The number of rotatable bonds is 9. The van der Waals surface area contributed by atoms with Gasteiger partial charge in [0.2, 0.25) is 5.91 Å². The van der Waals surface area contributed by atoms with E-state index in [0.29, 0.717) is 45.0 Å². The number of nitrogens with one attached hydrogen (secondary N) is 2. The first-order valence-corrected chi connectivity index (χ1v) is 12.3. The summed E-state index contributed by atoms with van der Waals surface area (Å²) < 4.78 is 27.4. The molecule has 0 aliphatic carbocycles. The van der Waals surface area contributed by atoms with Crippen LogP contribution in [0.2, 0.25) is 0 Å². The first kappa shape index (κ1) is 23.0. The number of piperazine rings is 1. The zero-order chi connectivity index (χ0) is 22.4. The minimum absolute atomic E-state index is 0.0103. The third-order valence-electron chi connectivity index (χ3n) is 4.89. The molecule has 2 heterocycles. The quantitative estimate of drug-likeness (QED) is 0.516. The normalized spacial score (nSPS) is 14.9. The lowest BCUT2D eigenvalue weighted by molar-refractivity contribution is -0.122. The second-order valence-electron chi connectivity index (χ2n) is 7.19. The fourth-order valence-electron chi connectivity index (χ4n) is 3.34. The molecule has 1 saturated heterocycles. The van der Waals surface area contributed by atoms with Gasteiger partial charge in [-0.3, -0.25) is 14.4 Å². The Balaban J connectivity index is 1.68. The third kappa shape index (κ3) is 5.96. The molecule has 3 N–H and O–H groups in total. The third-order valence-corrected chi connectivity index (χ3v) is 7.67. The Bertz CT molecular complexity index is 1020. The molecule has 11 heteroatoms. The van der Waals surface area contributed by atoms with Crippen molar-refractivity contribution in [3.05, 3.63) is 41.3 Å².